The topological polar surface area (TPSA) is 76.2 Å². The van der Waals surface area contributed by atoms with Crippen molar-refractivity contribution in [3.05, 3.63) is 119 Å². The summed E-state index contributed by atoms with van der Waals surface area (Å²) < 4.78 is 0. The minimum absolute atomic E-state index is 0.750. The second kappa shape index (κ2) is 14.1. The Kier molecular flexibility index (Phi) is 10.6. The lowest BCUT2D eigenvalue weighted by Gasteiger charge is -2.45. The Labute approximate surface area is 227 Å². The number of aliphatic hydroxyl groups excluding tert-OH is 1. The molecule has 0 amide bonds. The fourth-order valence-corrected chi connectivity index (χ4v) is 4.08. The van der Waals surface area contributed by atoms with Gasteiger partial charge in [0.15, 0.2) is 0 Å². The van der Waals surface area contributed by atoms with Gasteiger partial charge in [-0.3, -0.25) is 0 Å². The quantitative estimate of drug-likeness (QED) is 0.237. The van der Waals surface area contributed by atoms with Crippen molar-refractivity contribution < 1.29 is 10.2 Å². The summed E-state index contributed by atoms with van der Waals surface area (Å²) in [6.45, 7) is 10.3. The van der Waals surface area contributed by atoms with E-state index in [1.54, 1.807) is 0 Å². The zero-order valence-corrected chi connectivity index (χ0v) is 22.9. The van der Waals surface area contributed by atoms with Gasteiger partial charge in [-0.25, -0.2) is 0 Å². The van der Waals surface area contributed by atoms with Gasteiger partial charge in [0.25, 0.3) is 0 Å². The molecule has 0 aliphatic carbocycles. The van der Waals surface area contributed by atoms with Gasteiger partial charge < -0.3 is 30.6 Å². The maximum absolute atomic E-state index is 7.12. The van der Waals surface area contributed by atoms with Crippen LogP contribution in [0.3, 0.4) is 0 Å². The summed E-state index contributed by atoms with van der Waals surface area (Å²) >= 11 is 0. The van der Waals surface area contributed by atoms with Gasteiger partial charge in [0, 0.05) is 22.7 Å². The standard InChI is InChI=1S/C24H27N3.C7H9N.CH4O2/c1-19-4-10-22(11-5-19)25-16-26(23-12-6-20(2)7-13-23)18-27(17-25)24-14-8-21(3)9-15-24;1-6-2-4-7(8)5-3-6;2-1-3/h4-15H,16-18H2,1-3H3;2-5H,8H2,1H3;2-3H,1H2. The van der Waals surface area contributed by atoms with Crippen molar-refractivity contribution in [3.63, 3.8) is 0 Å². The molecular formula is C32H40N4O2. The lowest BCUT2D eigenvalue weighted by Crippen LogP contribution is -2.55. The molecular weight excluding hydrogens is 472 g/mol. The van der Waals surface area contributed by atoms with Crippen LogP contribution >= 0.6 is 0 Å². The first-order valence-corrected chi connectivity index (χ1v) is 12.8. The number of anilines is 4. The van der Waals surface area contributed by atoms with E-state index in [9.17, 15) is 0 Å². The highest BCUT2D eigenvalue weighted by Crippen LogP contribution is 2.27. The van der Waals surface area contributed by atoms with Gasteiger partial charge in [0.2, 0.25) is 0 Å². The Hall–Kier alpha value is -4.00. The number of aliphatic hydroxyl groups is 2. The van der Waals surface area contributed by atoms with Crippen molar-refractivity contribution in [2.75, 3.05) is 47.2 Å². The van der Waals surface area contributed by atoms with Crippen LogP contribution in [0, 0.1) is 27.7 Å². The fourth-order valence-electron chi connectivity index (χ4n) is 4.08. The minimum Gasteiger partial charge on any atom is -0.399 e. The molecule has 4 aromatic carbocycles. The van der Waals surface area contributed by atoms with Crippen LogP contribution in [0.4, 0.5) is 22.7 Å². The molecule has 0 aromatic heterocycles. The zero-order valence-electron chi connectivity index (χ0n) is 22.9. The number of nitrogen functional groups attached to an aromatic ring is 1. The molecule has 1 aliphatic rings. The van der Waals surface area contributed by atoms with E-state index < -0.39 is 6.79 Å². The van der Waals surface area contributed by atoms with E-state index >= 15 is 0 Å². The third-order valence-corrected chi connectivity index (χ3v) is 6.30. The first kappa shape index (κ1) is 28.6. The minimum atomic E-state index is -0.750. The van der Waals surface area contributed by atoms with E-state index in [4.69, 9.17) is 15.9 Å². The summed E-state index contributed by atoms with van der Waals surface area (Å²) in [5.41, 5.74) is 15.2. The average Bonchev–Trinajstić information content (AvgIpc) is 2.92. The van der Waals surface area contributed by atoms with Crippen LogP contribution in [0.15, 0.2) is 97.1 Å². The third-order valence-electron chi connectivity index (χ3n) is 6.30. The number of aryl methyl sites for hydroxylation is 4. The Morgan fingerprint density at radius 3 is 0.895 bits per heavy atom. The first-order valence-electron chi connectivity index (χ1n) is 12.8. The molecule has 1 aliphatic heterocycles. The van der Waals surface area contributed by atoms with E-state index in [0.29, 0.717) is 0 Å². The van der Waals surface area contributed by atoms with Crippen LogP contribution in [0.1, 0.15) is 22.3 Å². The van der Waals surface area contributed by atoms with Crippen molar-refractivity contribution in [2.45, 2.75) is 27.7 Å². The largest absolute Gasteiger partial charge is 0.399 e. The van der Waals surface area contributed by atoms with E-state index in [-0.39, 0.29) is 0 Å². The average molecular weight is 513 g/mol. The number of nitrogens with zero attached hydrogens (tertiary/aromatic N) is 3. The lowest BCUT2D eigenvalue weighted by molar-refractivity contribution is 0.0773. The van der Waals surface area contributed by atoms with Gasteiger partial charge in [0.05, 0.1) is 20.0 Å². The molecule has 0 saturated carbocycles. The van der Waals surface area contributed by atoms with E-state index in [1.165, 1.54) is 39.3 Å². The molecule has 1 saturated heterocycles. The molecule has 0 radical (unpaired) electrons. The Morgan fingerprint density at radius 2 is 0.684 bits per heavy atom. The third kappa shape index (κ3) is 8.54. The molecule has 0 spiro atoms. The van der Waals surface area contributed by atoms with Crippen molar-refractivity contribution in [3.8, 4) is 0 Å². The maximum atomic E-state index is 7.12. The Morgan fingerprint density at radius 1 is 0.474 bits per heavy atom. The Bertz CT molecular complexity index is 1080. The lowest BCUT2D eigenvalue weighted by atomic mass is 10.2. The summed E-state index contributed by atoms with van der Waals surface area (Å²) in [5, 5.41) is 14.2. The van der Waals surface area contributed by atoms with Crippen LogP contribution in [0.25, 0.3) is 0 Å². The summed E-state index contributed by atoms with van der Waals surface area (Å²) in [6, 6.07) is 34.3. The van der Waals surface area contributed by atoms with Crippen molar-refractivity contribution in [1.29, 1.82) is 0 Å². The van der Waals surface area contributed by atoms with Gasteiger partial charge in [-0.2, -0.15) is 0 Å². The molecule has 38 heavy (non-hydrogen) atoms. The maximum Gasteiger partial charge on any atom is 0.140 e. The molecule has 0 unspecified atom stereocenters. The van der Waals surface area contributed by atoms with E-state index in [2.05, 4.69) is 108 Å². The molecule has 1 fully saturated rings. The number of rotatable bonds is 3. The zero-order chi connectivity index (χ0) is 27.5. The normalized spacial score (nSPS) is 12.7. The number of nitrogens with two attached hydrogens (primary N) is 1. The first-order chi connectivity index (χ1) is 18.3. The van der Waals surface area contributed by atoms with Crippen molar-refractivity contribution in [2.24, 2.45) is 0 Å². The molecule has 6 heteroatoms. The SMILES string of the molecule is Cc1ccc(N)cc1.Cc1ccc(N2CN(c3ccc(C)cc3)CN(c3ccc(C)cc3)C2)cc1.OCO. The van der Waals surface area contributed by atoms with Crippen LogP contribution in [0.2, 0.25) is 0 Å². The monoisotopic (exact) mass is 512 g/mol. The van der Waals surface area contributed by atoms with Crippen LogP contribution < -0.4 is 20.4 Å². The predicted molar refractivity (Wildman–Crippen MR) is 160 cm³/mol. The second-order valence-corrected chi connectivity index (χ2v) is 9.60. The number of hydrogen-bond donors (Lipinski definition) is 3. The molecule has 200 valence electrons. The van der Waals surface area contributed by atoms with Crippen LogP contribution in [-0.4, -0.2) is 37.0 Å². The van der Waals surface area contributed by atoms with Crippen LogP contribution in [-0.2, 0) is 0 Å². The summed E-state index contributed by atoms with van der Waals surface area (Å²) in [6.07, 6.45) is 0. The molecule has 4 N–H and O–H groups in total. The molecule has 4 aromatic rings. The van der Waals surface area contributed by atoms with Crippen LogP contribution in [0.5, 0.6) is 0 Å². The van der Waals surface area contributed by atoms with Crippen molar-refractivity contribution in [1.82, 2.24) is 0 Å². The Balaban J connectivity index is 0.000000305. The number of hydrogen-bond acceptors (Lipinski definition) is 6. The molecule has 5 rings (SSSR count). The molecule has 0 bridgehead atoms. The van der Waals surface area contributed by atoms with Gasteiger partial charge in [0.1, 0.15) is 6.79 Å². The molecule has 6 nitrogen and oxygen atoms in total. The highest BCUT2D eigenvalue weighted by atomic mass is 16.5. The summed E-state index contributed by atoms with van der Waals surface area (Å²) in [4.78, 5) is 7.30. The second-order valence-electron chi connectivity index (χ2n) is 9.60. The number of benzene rings is 4. The molecule has 1 heterocycles. The highest BCUT2D eigenvalue weighted by Gasteiger charge is 2.24. The predicted octanol–water partition coefficient (Wildman–Crippen LogP) is 5.82. The fraction of sp³-hybridized carbons (Fsp3) is 0.250. The smallest absolute Gasteiger partial charge is 0.140 e. The summed E-state index contributed by atoms with van der Waals surface area (Å²) in [7, 11) is 0. The van der Waals surface area contributed by atoms with Crippen molar-refractivity contribution >= 4 is 22.7 Å². The van der Waals surface area contributed by atoms with Gasteiger partial charge in [-0.05, 0) is 76.2 Å². The highest BCUT2D eigenvalue weighted by molar-refractivity contribution is 5.59. The van der Waals surface area contributed by atoms with E-state index in [1.807, 2.05) is 31.2 Å². The van der Waals surface area contributed by atoms with Gasteiger partial charge in [-0.15, -0.1) is 0 Å². The summed E-state index contributed by atoms with van der Waals surface area (Å²) in [5.74, 6) is 0. The molecule has 0 atom stereocenters. The van der Waals surface area contributed by atoms with Gasteiger partial charge >= 0.3 is 0 Å². The van der Waals surface area contributed by atoms with Gasteiger partial charge in [-0.1, -0.05) is 70.8 Å². The van der Waals surface area contributed by atoms with E-state index in [0.717, 1.165) is 25.7 Å².